The molecule has 0 radical (unpaired) electrons. The average molecular weight is 293 g/mol. The summed E-state index contributed by atoms with van der Waals surface area (Å²) in [6.45, 7) is 11.8. The highest BCUT2D eigenvalue weighted by Gasteiger charge is 2.53. The second-order valence-electron chi connectivity index (χ2n) is 6.76. The van der Waals surface area contributed by atoms with Gasteiger partial charge in [-0.2, -0.15) is 9.78 Å². The number of rotatable bonds is 1. The fourth-order valence-corrected chi connectivity index (χ4v) is 2.33. The standard InChI is InChI=1S/C14H24BN3O3/c1-9-11(10(2)18(16-9)12(19)17(7)8)15-20-13(3,4)14(5,6)21-15/h1-8H3. The lowest BCUT2D eigenvalue weighted by Crippen LogP contribution is -2.41. The average Bonchev–Trinajstić information content (AvgIpc) is 2.72. The van der Waals surface area contributed by atoms with Gasteiger partial charge in [-0.15, -0.1) is 0 Å². The molecule has 6 nitrogen and oxygen atoms in total. The quantitative estimate of drug-likeness (QED) is 0.733. The highest BCUT2D eigenvalue weighted by atomic mass is 16.7. The van der Waals surface area contributed by atoms with Crippen molar-refractivity contribution in [1.82, 2.24) is 14.7 Å². The third kappa shape index (κ3) is 2.49. The van der Waals surface area contributed by atoms with Crippen LogP contribution in [0.2, 0.25) is 0 Å². The lowest BCUT2D eigenvalue weighted by molar-refractivity contribution is 0.00578. The molecule has 1 aliphatic rings. The van der Waals surface area contributed by atoms with Crippen molar-refractivity contribution in [3.63, 3.8) is 0 Å². The first kappa shape index (κ1) is 16.0. The molecule has 0 N–H and O–H groups in total. The van der Waals surface area contributed by atoms with Gasteiger partial charge in [0.2, 0.25) is 0 Å². The minimum Gasteiger partial charge on any atom is -0.399 e. The number of carbonyl (C=O) groups is 1. The fourth-order valence-electron chi connectivity index (χ4n) is 2.33. The van der Waals surface area contributed by atoms with Gasteiger partial charge in [-0.25, -0.2) is 4.79 Å². The number of carbonyl (C=O) groups excluding carboxylic acids is 1. The minimum absolute atomic E-state index is 0.182. The van der Waals surface area contributed by atoms with E-state index in [4.69, 9.17) is 9.31 Å². The number of hydrogen-bond acceptors (Lipinski definition) is 4. The number of aromatic nitrogens is 2. The van der Waals surface area contributed by atoms with Gasteiger partial charge in [0, 0.05) is 25.3 Å². The van der Waals surface area contributed by atoms with E-state index in [0.717, 1.165) is 16.9 Å². The second-order valence-corrected chi connectivity index (χ2v) is 6.76. The zero-order valence-electron chi connectivity index (χ0n) is 14.1. The first-order valence-electron chi connectivity index (χ1n) is 7.11. The van der Waals surface area contributed by atoms with E-state index in [1.165, 1.54) is 9.58 Å². The molecule has 116 valence electrons. The van der Waals surface area contributed by atoms with Crippen LogP contribution >= 0.6 is 0 Å². The maximum absolute atomic E-state index is 12.1. The van der Waals surface area contributed by atoms with Crippen molar-refractivity contribution < 1.29 is 14.1 Å². The molecule has 0 atom stereocenters. The van der Waals surface area contributed by atoms with Gasteiger partial charge in [-0.05, 0) is 41.5 Å². The highest BCUT2D eigenvalue weighted by Crippen LogP contribution is 2.36. The Hall–Kier alpha value is -1.34. The summed E-state index contributed by atoms with van der Waals surface area (Å²) in [7, 11) is 2.90. The summed E-state index contributed by atoms with van der Waals surface area (Å²) in [5.74, 6) is 0. The van der Waals surface area contributed by atoms with E-state index in [9.17, 15) is 4.79 Å². The van der Waals surface area contributed by atoms with Crippen molar-refractivity contribution in [3.05, 3.63) is 11.4 Å². The number of hydrogen-bond donors (Lipinski definition) is 0. The molecule has 0 aromatic carbocycles. The van der Waals surface area contributed by atoms with Gasteiger partial charge in [-0.1, -0.05) is 0 Å². The van der Waals surface area contributed by atoms with Crippen molar-refractivity contribution >= 4 is 18.6 Å². The first-order valence-corrected chi connectivity index (χ1v) is 7.11. The predicted octanol–water partition coefficient (Wildman–Crippen LogP) is 1.33. The smallest absolute Gasteiger partial charge is 0.399 e. The van der Waals surface area contributed by atoms with Gasteiger partial charge in [0.1, 0.15) is 0 Å². The van der Waals surface area contributed by atoms with Crippen LogP contribution < -0.4 is 5.46 Å². The van der Waals surface area contributed by atoms with E-state index in [1.54, 1.807) is 14.1 Å². The molecule has 0 saturated carbocycles. The van der Waals surface area contributed by atoms with Crippen LogP contribution in [0, 0.1) is 13.8 Å². The summed E-state index contributed by atoms with van der Waals surface area (Å²) in [5, 5.41) is 4.34. The summed E-state index contributed by atoms with van der Waals surface area (Å²) in [6, 6.07) is -0.182. The Morgan fingerprint density at radius 2 is 1.62 bits per heavy atom. The number of amides is 1. The molecule has 1 saturated heterocycles. The Bertz CT molecular complexity index is 562. The third-order valence-electron chi connectivity index (χ3n) is 4.40. The maximum Gasteiger partial charge on any atom is 0.498 e. The first-order chi connectivity index (χ1) is 9.48. The molecule has 7 heteroatoms. The van der Waals surface area contributed by atoms with E-state index in [1.807, 2.05) is 41.5 Å². The SMILES string of the molecule is Cc1nn(C(=O)N(C)C)c(C)c1B1OC(C)(C)C(C)(C)O1. The molecule has 0 bridgehead atoms. The van der Waals surface area contributed by atoms with Crippen LogP contribution in [0.3, 0.4) is 0 Å². The molecule has 1 aromatic heterocycles. The van der Waals surface area contributed by atoms with Crippen LogP contribution in [0.4, 0.5) is 4.79 Å². The Balaban J connectivity index is 2.41. The second kappa shape index (κ2) is 4.85. The van der Waals surface area contributed by atoms with Crippen LogP contribution in [-0.2, 0) is 9.31 Å². The molecular weight excluding hydrogens is 269 g/mol. The summed E-state index contributed by atoms with van der Waals surface area (Å²) in [6.07, 6.45) is 0. The van der Waals surface area contributed by atoms with Crippen LogP contribution in [0.25, 0.3) is 0 Å². The molecule has 0 aliphatic carbocycles. The molecule has 1 aliphatic heterocycles. The molecule has 0 unspecified atom stereocenters. The topological polar surface area (TPSA) is 56.6 Å². The Morgan fingerprint density at radius 3 is 2.05 bits per heavy atom. The molecule has 2 heterocycles. The molecule has 1 amide bonds. The van der Waals surface area contributed by atoms with E-state index in [0.29, 0.717) is 0 Å². The number of nitrogens with zero attached hydrogens (tertiary/aromatic N) is 3. The van der Waals surface area contributed by atoms with Crippen molar-refractivity contribution in [2.75, 3.05) is 14.1 Å². The van der Waals surface area contributed by atoms with Crippen LogP contribution in [0.5, 0.6) is 0 Å². The predicted molar refractivity (Wildman–Crippen MR) is 81.9 cm³/mol. The summed E-state index contributed by atoms with van der Waals surface area (Å²) in [5.41, 5.74) is 1.52. The Labute approximate surface area is 126 Å². The zero-order chi connectivity index (χ0) is 16.2. The van der Waals surface area contributed by atoms with Gasteiger partial charge < -0.3 is 14.2 Å². The summed E-state index contributed by atoms with van der Waals surface area (Å²) < 4.78 is 13.5. The lowest BCUT2D eigenvalue weighted by atomic mass is 9.77. The van der Waals surface area contributed by atoms with Crippen molar-refractivity contribution in [3.8, 4) is 0 Å². The van der Waals surface area contributed by atoms with Crippen LogP contribution in [0.1, 0.15) is 39.1 Å². The van der Waals surface area contributed by atoms with E-state index in [-0.39, 0.29) is 6.03 Å². The fraction of sp³-hybridized carbons (Fsp3) is 0.714. The molecular formula is C14H24BN3O3. The largest absolute Gasteiger partial charge is 0.498 e. The molecule has 2 rings (SSSR count). The summed E-state index contributed by atoms with van der Waals surface area (Å²) in [4.78, 5) is 13.6. The Morgan fingerprint density at radius 1 is 1.14 bits per heavy atom. The van der Waals surface area contributed by atoms with Crippen molar-refractivity contribution in [1.29, 1.82) is 0 Å². The Kier molecular flexibility index (Phi) is 3.70. The van der Waals surface area contributed by atoms with Crippen molar-refractivity contribution in [2.45, 2.75) is 52.7 Å². The van der Waals surface area contributed by atoms with E-state index >= 15 is 0 Å². The molecule has 1 aromatic rings. The third-order valence-corrected chi connectivity index (χ3v) is 4.40. The van der Waals surface area contributed by atoms with Gasteiger partial charge in [-0.3, -0.25) is 0 Å². The van der Waals surface area contributed by atoms with E-state index < -0.39 is 18.3 Å². The van der Waals surface area contributed by atoms with Gasteiger partial charge >= 0.3 is 13.1 Å². The lowest BCUT2D eigenvalue weighted by Gasteiger charge is -2.32. The monoisotopic (exact) mass is 293 g/mol. The van der Waals surface area contributed by atoms with Gasteiger partial charge in [0.25, 0.3) is 0 Å². The van der Waals surface area contributed by atoms with Crippen molar-refractivity contribution in [2.24, 2.45) is 0 Å². The summed E-state index contributed by atoms with van der Waals surface area (Å²) >= 11 is 0. The number of aryl methyl sites for hydroxylation is 1. The van der Waals surface area contributed by atoms with Crippen LogP contribution in [-0.4, -0.2) is 53.1 Å². The zero-order valence-corrected chi connectivity index (χ0v) is 14.1. The highest BCUT2D eigenvalue weighted by molar-refractivity contribution is 6.63. The normalized spacial score (nSPS) is 19.9. The maximum atomic E-state index is 12.1. The van der Waals surface area contributed by atoms with E-state index in [2.05, 4.69) is 5.10 Å². The van der Waals surface area contributed by atoms with Gasteiger partial charge in [0.15, 0.2) is 0 Å². The van der Waals surface area contributed by atoms with Crippen LogP contribution in [0.15, 0.2) is 0 Å². The molecule has 21 heavy (non-hydrogen) atoms. The molecule has 0 spiro atoms. The molecule has 1 fully saturated rings. The van der Waals surface area contributed by atoms with Gasteiger partial charge in [0.05, 0.1) is 16.9 Å². The minimum atomic E-state index is -0.501.